The van der Waals surface area contributed by atoms with E-state index in [1.54, 1.807) is 33.0 Å². The van der Waals surface area contributed by atoms with Gasteiger partial charge in [0.05, 0.1) is 14.2 Å². The fraction of sp³-hybridized carbons (Fsp3) is 0.381. The monoisotopic (exact) mass is 515 g/mol. The average molecular weight is 515 g/mol. The minimum Gasteiger partial charge on any atom is -0.493 e. The summed E-state index contributed by atoms with van der Waals surface area (Å²) in [5.41, 5.74) is 3.73. The molecule has 0 saturated heterocycles. The standard InChI is InChI=1S/C21H29N3O2S.HI/c1-15-6-8-17(20(12-15)27-5)14-24-21(22-2)23-11-10-16-7-9-18(25-3)19(13-16)26-4;/h6-9,12-13H,10-11,14H2,1-5H3,(H2,22,23,24);1H. The van der Waals surface area contributed by atoms with Crippen LogP contribution in [0.5, 0.6) is 11.5 Å². The van der Waals surface area contributed by atoms with Crippen molar-refractivity contribution in [3.8, 4) is 11.5 Å². The van der Waals surface area contributed by atoms with Crippen LogP contribution < -0.4 is 20.1 Å². The van der Waals surface area contributed by atoms with Crippen molar-refractivity contribution >= 4 is 41.7 Å². The lowest BCUT2D eigenvalue weighted by atomic mass is 10.1. The second kappa shape index (κ2) is 12.8. The van der Waals surface area contributed by atoms with Crippen molar-refractivity contribution in [2.24, 2.45) is 4.99 Å². The third-order valence-corrected chi connectivity index (χ3v) is 5.09. The zero-order valence-electron chi connectivity index (χ0n) is 17.2. The number of hydrogen-bond acceptors (Lipinski definition) is 4. The van der Waals surface area contributed by atoms with E-state index in [2.05, 4.69) is 53.1 Å². The van der Waals surface area contributed by atoms with Gasteiger partial charge in [-0.05, 0) is 54.5 Å². The summed E-state index contributed by atoms with van der Waals surface area (Å²) in [7, 11) is 5.08. The first-order valence-corrected chi connectivity index (χ1v) is 10.1. The van der Waals surface area contributed by atoms with Gasteiger partial charge in [-0.2, -0.15) is 0 Å². The summed E-state index contributed by atoms with van der Waals surface area (Å²) in [5, 5.41) is 6.75. The molecule has 0 bridgehead atoms. The number of guanidine groups is 1. The summed E-state index contributed by atoms with van der Waals surface area (Å²) in [6.07, 6.45) is 2.97. The molecule has 5 nitrogen and oxygen atoms in total. The molecular formula is C21H30IN3O2S. The van der Waals surface area contributed by atoms with Gasteiger partial charge >= 0.3 is 0 Å². The molecule has 0 radical (unpaired) electrons. The van der Waals surface area contributed by atoms with Gasteiger partial charge in [-0.15, -0.1) is 35.7 Å². The van der Waals surface area contributed by atoms with Crippen LogP contribution in [0.3, 0.4) is 0 Å². The third-order valence-electron chi connectivity index (χ3n) is 4.27. The minimum absolute atomic E-state index is 0. The van der Waals surface area contributed by atoms with Crippen molar-refractivity contribution in [2.45, 2.75) is 24.8 Å². The summed E-state index contributed by atoms with van der Waals surface area (Å²) < 4.78 is 10.6. The summed E-state index contributed by atoms with van der Waals surface area (Å²) in [5.74, 6) is 2.29. The molecule has 0 amide bonds. The molecule has 0 saturated carbocycles. The van der Waals surface area contributed by atoms with Gasteiger partial charge in [0.2, 0.25) is 0 Å². The number of thioether (sulfide) groups is 1. The molecule has 0 aliphatic heterocycles. The summed E-state index contributed by atoms with van der Waals surface area (Å²) in [6, 6.07) is 12.5. The minimum atomic E-state index is 0. The summed E-state index contributed by atoms with van der Waals surface area (Å²) >= 11 is 1.77. The van der Waals surface area contributed by atoms with Gasteiger partial charge < -0.3 is 20.1 Å². The molecule has 154 valence electrons. The van der Waals surface area contributed by atoms with Crippen LogP contribution in [0.15, 0.2) is 46.3 Å². The Morgan fingerprint density at radius 3 is 2.43 bits per heavy atom. The van der Waals surface area contributed by atoms with Crippen molar-refractivity contribution in [2.75, 3.05) is 34.1 Å². The van der Waals surface area contributed by atoms with E-state index in [4.69, 9.17) is 9.47 Å². The van der Waals surface area contributed by atoms with Crippen molar-refractivity contribution in [1.82, 2.24) is 10.6 Å². The average Bonchev–Trinajstić information content (AvgIpc) is 2.70. The normalized spacial score (nSPS) is 10.8. The highest BCUT2D eigenvalue weighted by Gasteiger charge is 2.06. The number of nitrogens with one attached hydrogen (secondary N) is 2. The van der Waals surface area contributed by atoms with E-state index in [0.717, 1.165) is 37.0 Å². The Labute approximate surface area is 189 Å². The summed E-state index contributed by atoms with van der Waals surface area (Å²) in [4.78, 5) is 5.61. The smallest absolute Gasteiger partial charge is 0.191 e. The maximum Gasteiger partial charge on any atom is 0.191 e. The van der Waals surface area contributed by atoms with E-state index in [1.807, 2.05) is 12.1 Å². The molecule has 7 heteroatoms. The number of methoxy groups -OCH3 is 2. The van der Waals surface area contributed by atoms with Gasteiger partial charge in [-0.3, -0.25) is 4.99 Å². The molecule has 0 fully saturated rings. The molecule has 0 unspecified atom stereocenters. The molecule has 0 heterocycles. The van der Waals surface area contributed by atoms with E-state index in [1.165, 1.54) is 21.6 Å². The third kappa shape index (κ3) is 7.09. The van der Waals surface area contributed by atoms with Crippen LogP contribution >= 0.6 is 35.7 Å². The lowest BCUT2D eigenvalue weighted by Crippen LogP contribution is -2.37. The van der Waals surface area contributed by atoms with Crippen LogP contribution in [0.25, 0.3) is 0 Å². The lowest BCUT2D eigenvalue weighted by Gasteiger charge is -2.14. The first kappa shape index (κ1) is 24.4. The molecule has 2 rings (SSSR count). The first-order valence-electron chi connectivity index (χ1n) is 8.90. The predicted molar refractivity (Wildman–Crippen MR) is 130 cm³/mol. The number of halogens is 1. The second-order valence-corrected chi connectivity index (χ2v) is 6.96. The number of rotatable bonds is 8. The van der Waals surface area contributed by atoms with Crippen molar-refractivity contribution < 1.29 is 9.47 Å². The molecular weight excluding hydrogens is 485 g/mol. The number of aryl methyl sites for hydroxylation is 1. The first-order chi connectivity index (χ1) is 13.1. The quantitative estimate of drug-likeness (QED) is 0.238. The summed E-state index contributed by atoms with van der Waals surface area (Å²) in [6.45, 7) is 3.64. The molecule has 2 aromatic rings. The maximum absolute atomic E-state index is 5.36. The van der Waals surface area contributed by atoms with Gasteiger partial charge in [0, 0.05) is 25.0 Å². The SMILES string of the molecule is CN=C(NCCc1ccc(OC)c(OC)c1)NCc1ccc(C)cc1SC.I. The van der Waals surface area contributed by atoms with Crippen molar-refractivity contribution in [1.29, 1.82) is 0 Å². The number of hydrogen-bond donors (Lipinski definition) is 2. The second-order valence-electron chi connectivity index (χ2n) is 6.11. The molecule has 2 aromatic carbocycles. The van der Waals surface area contributed by atoms with E-state index < -0.39 is 0 Å². The van der Waals surface area contributed by atoms with Crippen LogP contribution in [0.2, 0.25) is 0 Å². The van der Waals surface area contributed by atoms with Gasteiger partial charge in [-0.25, -0.2) is 0 Å². The Morgan fingerprint density at radius 1 is 1.04 bits per heavy atom. The lowest BCUT2D eigenvalue weighted by molar-refractivity contribution is 0.354. The topological polar surface area (TPSA) is 54.9 Å². The van der Waals surface area contributed by atoms with E-state index in [0.29, 0.717) is 0 Å². The Bertz CT molecular complexity index is 784. The molecule has 0 spiro atoms. The van der Waals surface area contributed by atoms with Crippen LogP contribution in [-0.2, 0) is 13.0 Å². The van der Waals surface area contributed by atoms with Crippen molar-refractivity contribution in [3.63, 3.8) is 0 Å². The maximum atomic E-state index is 5.36. The number of nitrogens with zero attached hydrogens (tertiary/aromatic N) is 1. The fourth-order valence-electron chi connectivity index (χ4n) is 2.76. The molecule has 0 aromatic heterocycles. The molecule has 2 N–H and O–H groups in total. The predicted octanol–water partition coefficient (Wildman–Crippen LogP) is 4.26. The highest BCUT2D eigenvalue weighted by Crippen LogP contribution is 2.27. The van der Waals surface area contributed by atoms with E-state index in [9.17, 15) is 0 Å². The number of aliphatic imine (C=N–C) groups is 1. The Morgan fingerprint density at radius 2 is 1.79 bits per heavy atom. The van der Waals surface area contributed by atoms with Crippen LogP contribution in [-0.4, -0.2) is 40.0 Å². The molecule has 0 atom stereocenters. The van der Waals surface area contributed by atoms with Crippen LogP contribution in [0.4, 0.5) is 0 Å². The van der Waals surface area contributed by atoms with Gasteiger partial charge in [0.1, 0.15) is 0 Å². The fourth-order valence-corrected chi connectivity index (χ4v) is 3.46. The molecule has 28 heavy (non-hydrogen) atoms. The highest BCUT2D eigenvalue weighted by atomic mass is 127. The zero-order valence-corrected chi connectivity index (χ0v) is 20.3. The highest BCUT2D eigenvalue weighted by molar-refractivity contribution is 14.0. The molecule has 0 aliphatic rings. The number of benzene rings is 2. The van der Waals surface area contributed by atoms with E-state index in [-0.39, 0.29) is 24.0 Å². The Hall–Kier alpha value is -1.61. The van der Waals surface area contributed by atoms with Gasteiger partial charge in [-0.1, -0.05) is 18.2 Å². The van der Waals surface area contributed by atoms with E-state index >= 15 is 0 Å². The number of ether oxygens (including phenoxy) is 2. The van der Waals surface area contributed by atoms with Crippen LogP contribution in [0.1, 0.15) is 16.7 Å². The van der Waals surface area contributed by atoms with Gasteiger partial charge in [0.15, 0.2) is 17.5 Å². The van der Waals surface area contributed by atoms with Gasteiger partial charge in [0.25, 0.3) is 0 Å². The molecule has 0 aliphatic carbocycles. The Balaban J connectivity index is 0.00000392. The van der Waals surface area contributed by atoms with Crippen molar-refractivity contribution in [3.05, 3.63) is 53.1 Å². The Kier molecular flexibility index (Phi) is 11.1. The van der Waals surface area contributed by atoms with Crippen LogP contribution in [0, 0.1) is 6.92 Å². The zero-order chi connectivity index (χ0) is 19.6. The largest absolute Gasteiger partial charge is 0.493 e.